The van der Waals surface area contributed by atoms with Crippen molar-refractivity contribution in [2.24, 2.45) is 0 Å². The summed E-state index contributed by atoms with van der Waals surface area (Å²) in [6.07, 6.45) is 1.56. The molecule has 7 nitrogen and oxygen atoms in total. The number of ether oxygens (including phenoxy) is 1. The Morgan fingerprint density at radius 3 is 2.89 bits per heavy atom. The van der Waals surface area contributed by atoms with E-state index in [0.29, 0.717) is 28.5 Å². The van der Waals surface area contributed by atoms with Crippen LogP contribution in [-0.4, -0.2) is 32.2 Å². The second-order valence-corrected chi connectivity index (χ2v) is 3.57. The van der Waals surface area contributed by atoms with Crippen LogP contribution in [0.15, 0.2) is 12.3 Å². The fraction of sp³-hybridized carbons (Fsp3) is 0.273. The SMILES string of the molecule is COc1cc(-n2cc(CO)nn2)nc(C)c1C#N. The minimum atomic E-state index is -0.188. The Kier molecular flexibility index (Phi) is 3.21. The number of nitriles is 1. The highest BCUT2D eigenvalue weighted by Crippen LogP contribution is 2.22. The van der Waals surface area contributed by atoms with Crippen molar-refractivity contribution in [3.63, 3.8) is 0 Å². The lowest BCUT2D eigenvalue weighted by Crippen LogP contribution is -2.03. The number of pyridine rings is 1. The van der Waals surface area contributed by atoms with E-state index in [1.165, 1.54) is 11.8 Å². The molecular weight excluding hydrogens is 234 g/mol. The molecule has 18 heavy (non-hydrogen) atoms. The van der Waals surface area contributed by atoms with E-state index in [4.69, 9.17) is 15.1 Å². The predicted molar refractivity (Wildman–Crippen MR) is 61.1 cm³/mol. The maximum Gasteiger partial charge on any atom is 0.159 e. The van der Waals surface area contributed by atoms with E-state index in [9.17, 15) is 0 Å². The Balaban J connectivity index is 2.53. The van der Waals surface area contributed by atoms with Gasteiger partial charge in [0.05, 0.1) is 25.6 Å². The standard InChI is InChI=1S/C11H11N5O2/c1-7-9(4-12)10(18-2)3-11(13-7)16-5-8(6-17)14-15-16/h3,5,17H,6H2,1-2H3. The predicted octanol–water partition coefficient (Wildman–Crippen LogP) is 0.343. The molecule has 2 rings (SSSR count). The molecule has 0 amide bonds. The molecule has 0 aromatic carbocycles. The molecule has 0 saturated carbocycles. The lowest BCUT2D eigenvalue weighted by molar-refractivity contribution is 0.276. The maximum absolute atomic E-state index is 9.00. The van der Waals surface area contributed by atoms with Gasteiger partial charge >= 0.3 is 0 Å². The fourth-order valence-corrected chi connectivity index (χ4v) is 1.52. The first kappa shape index (κ1) is 12.0. The summed E-state index contributed by atoms with van der Waals surface area (Å²) < 4.78 is 6.56. The van der Waals surface area contributed by atoms with Crippen molar-refractivity contribution in [1.82, 2.24) is 20.0 Å². The molecule has 0 aliphatic heterocycles. The van der Waals surface area contributed by atoms with Gasteiger partial charge in [0.1, 0.15) is 23.1 Å². The van der Waals surface area contributed by atoms with Gasteiger partial charge in [-0.15, -0.1) is 5.10 Å². The highest BCUT2D eigenvalue weighted by Gasteiger charge is 2.12. The van der Waals surface area contributed by atoms with E-state index in [-0.39, 0.29) is 6.61 Å². The third-order valence-electron chi connectivity index (χ3n) is 2.42. The maximum atomic E-state index is 9.00. The minimum Gasteiger partial charge on any atom is -0.495 e. The van der Waals surface area contributed by atoms with E-state index in [1.54, 1.807) is 19.2 Å². The van der Waals surface area contributed by atoms with E-state index in [1.807, 2.05) is 6.07 Å². The lowest BCUT2D eigenvalue weighted by Gasteiger charge is -2.07. The van der Waals surface area contributed by atoms with Crippen molar-refractivity contribution >= 4 is 0 Å². The van der Waals surface area contributed by atoms with Crippen molar-refractivity contribution in [2.45, 2.75) is 13.5 Å². The van der Waals surface area contributed by atoms with Gasteiger partial charge in [0, 0.05) is 6.07 Å². The number of aromatic nitrogens is 4. The van der Waals surface area contributed by atoms with Crippen LogP contribution in [0, 0.1) is 18.3 Å². The molecule has 0 atom stereocenters. The van der Waals surface area contributed by atoms with Crippen molar-refractivity contribution in [2.75, 3.05) is 7.11 Å². The van der Waals surface area contributed by atoms with Gasteiger partial charge in [-0.25, -0.2) is 9.67 Å². The first-order valence-electron chi connectivity index (χ1n) is 5.17. The van der Waals surface area contributed by atoms with Gasteiger partial charge in [-0.05, 0) is 6.92 Å². The molecule has 0 aliphatic carbocycles. The smallest absolute Gasteiger partial charge is 0.159 e. The summed E-state index contributed by atoms with van der Waals surface area (Å²) in [6, 6.07) is 3.64. The van der Waals surface area contributed by atoms with Crippen molar-refractivity contribution < 1.29 is 9.84 Å². The number of aryl methyl sites for hydroxylation is 1. The molecule has 2 aromatic heterocycles. The molecule has 2 aromatic rings. The van der Waals surface area contributed by atoms with Crippen molar-refractivity contribution in [1.29, 1.82) is 5.26 Å². The molecule has 92 valence electrons. The Bertz CT molecular complexity index is 614. The zero-order valence-electron chi connectivity index (χ0n) is 9.95. The molecule has 2 heterocycles. The van der Waals surface area contributed by atoms with Crippen molar-refractivity contribution in [3.05, 3.63) is 29.2 Å². The fourth-order valence-electron chi connectivity index (χ4n) is 1.52. The highest BCUT2D eigenvalue weighted by molar-refractivity contribution is 5.49. The highest BCUT2D eigenvalue weighted by atomic mass is 16.5. The molecule has 1 N–H and O–H groups in total. The van der Waals surface area contributed by atoms with Crippen LogP contribution in [0.5, 0.6) is 5.75 Å². The topological polar surface area (TPSA) is 96.8 Å². The van der Waals surface area contributed by atoms with Crippen LogP contribution in [0.2, 0.25) is 0 Å². The number of aliphatic hydroxyl groups is 1. The van der Waals surface area contributed by atoms with Crippen LogP contribution < -0.4 is 4.74 Å². The number of aliphatic hydroxyl groups excluding tert-OH is 1. The molecule has 0 saturated heterocycles. The summed E-state index contributed by atoms with van der Waals surface area (Å²) in [5.74, 6) is 0.914. The number of methoxy groups -OCH3 is 1. The summed E-state index contributed by atoms with van der Waals surface area (Å²) >= 11 is 0. The number of nitrogens with zero attached hydrogens (tertiary/aromatic N) is 5. The second kappa shape index (κ2) is 4.81. The summed E-state index contributed by atoms with van der Waals surface area (Å²) in [5, 5.41) is 25.5. The normalized spacial score (nSPS) is 10.1. The monoisotopic (exact) mass is 245 g/mol. The van der Waals surface area contributed by atoms with Gasteiger partial charge in [-0.1, -0.05) is 5.21 Å². The Morgan fingerprint density at radius 2 is 2.33 bits per heavy atom. The van der Waals surface area contributed by atoms with Gasteiger partial charge in [-0.2, -0.15) is 5.26 Å². The van der Waals surface area contributed by atoms with Gasteiger partial charge in [-0.3, -0.25) is 0 Å². The first-order chi connectivity index (χ1) is 8.69. The zero-order valence-corrected chi connectivity index (χ0v) is 9.95. The quantitative estimate of drug-likeness (QED) is 0.837. The van der Waals surface area contributed by atoms with Crippen LogP contribution >= 0.6 is 0 Å². The van der Waals surface area contributed by atoms with Crippen LogP contribution in [0.1, 0.15) is 17.0 Å². The Labute approximate surface area is 103 Å². The van der Waals surface area contributed by atoms with E-state index in [0.717, 1.165) is 0 Å². The van der Waals surface area contributed by atoms with Gasteiger partial charge in [0.25, 0.3) is 0 Å². The Morgan fingerprint density at radius 1 is 1.56 bits per heavy atom. The molecule has 0 aliphatic rings. The number of hydrogen-bond acceptors (Lipinski definition) is 6. The molecule has 0 spiro atoms. The Hall–Kier alpha value is -2.46. The van der Waals surface area contributed by atoms with Crippen LogP contribution in [0.4, 0.5) is 0 Å². The zero-order chi connectivity index (χ0) is 13.1. The average Bonchev–Trinajstić information content (AvgIpc) is 2.86. The van der Waals surface area contributed by atoms with Gasteiger partial charge in [0.15, 0.2) is 5.82 Å². The van der Waals surface area contributed by atoms with Gasteiger partial charge < -0.3 is 9.84 Å². The van der Waals surface area contributed by atoms with Gasteiger partial charge in [0.2, 0.25) is 0 Å². The van der Waals surface area contributed by atoms with E-state index in [2.05, 4.69) is 15.3 Å². The van der Waals surface area contributed by atoms with E-state index >= 15 is 0 Å². The van der Waals surface area contributed by atoms with Crippen molar-refractivity contribution in [3.8, 4) is 17.6 Å². The van der Waals surface area contributed by atoms with Crippen LogP contribution in [0.3, 0.4) is 0 Å². The van der Waals surface area contributed by atoms with Crippen LogP contribution in [0.25, 0.3) is 5.82 Å². The molecular formula is C11H11N5O2. The number of hydrogen-bond donors (Lipinski definition) is 1. The summed E-state index contributed by atoms with van der Waals surface area (Å²) in [6.45, 7) is 1.53. The summed E-state index contributed by atoms with van der Waals surface area (Å²) in [7, 11) is 1.49. The molecule has 0 unspecified atom stereocenters. The van der Waals surface area contributed by atoms with E-state index < -0.39 is 0 Å². The second-order valence-electron chi connectivity index (χ2n) is 3.57. The molecule has 0 radical (unpaired) electrons. The lowest BCUT2D eigenvalue weighted by atomic mass is 10.2. The largest absolute Gasteiger partial charge is 0.495 e. The van der Waals surface area contributed by atoms with Crippen LogP contribution in [-0.2, 0) is 6.61 Å². The first-order valence-corrected chi connectivity index (χ1v) is 5.17. The average molecular weight is 245 g/mol. The molecule has 0 bridgehead atoms. The summed E-state index contributed by atoms with van der Waals surface area (Å²) in [5.41, 5.74) is 1.38. The number of rotatable bonds is 3. The molecule has 7 heteroatoms. The third kappa shape index (κ3) is 2.01. The third-order valence-corrected chi connectivity index (χ3v) is 2.42. The summed E-state index contributed by atoms with van der Waals surface area (Å²) in [4.78, 5) is 4.25. The minimum absolute atomic E-state index is 0.188. The molecule has 0 fully saturated rings.